The number of hydrogen-bond acceptors (Lipinski definition) is 3. The maximum atomic E-state index is 5.28. The fourth-order valence-electron chi connectivity index (χ4n) is 3.32. The summed E-state index contributed by atoms with van der Waals surface area (Å²) in [6.45, 7) is 3.81. The van der Waals surface area contributed by atoms with Gasteiger partial charge in [-0.3, -0.25) is 4.99 Å². The van der Waals surface area contributed by atoms with Crippen LogP contribution in [0.15, 0.2) is 58.0 Å². The number of benzene rings is 2. The van der Waals surface area contributed by atoms with Gasteiger partial charge in [0.1, 0.15) is 5.75 Å². The van der Waals surface area contributed by atoms with Crippen molar-refractivity contribution >= 4 is 51.6 Å². The third-order valence-corrected chi connectivity index (χ3v) is 5.38. The Morgan fingerprint density at radius 2 is 2.00 bits per heavy atom. The Hall–Kier alpha value is -1.48. The van der Waals surface area contributed by atoms with E-state index in [1.807, 2.05) is 25.2 Å². The molecule has 1 atom stereocenters. The van der Waals surface area contributed by atoms with Crippen LogP contribution < -0.4 is 20.3 Å². The molecule has 1 saturated heterocycles. The third kappa shape index (κ3) is 6.55. The van der Waals surface area contributed by atoms with Crippen molar-refractivity contribution < 1.29 is 4.74 Å². The van der Waals surface area contributed by atoms with Crippen LogP contribution >= 0.6 is 39.9 Å². The van der Waals surface area contributed by atoms with Gasteiger partial charge in [0.05, 0.1) is 7.11 Å². The van der Waals surface area contributed by atoms with Crippen LogP contribution in [0.4, 0.5) is 5.69 Å². The van der Waals surface area contributed by atoms with Crippen molar-refractivity contribution in [3.63, 3.8) is 0 Å². The van der Waals surface area contributed by atoms with E-state index >= 15 is 0 Å². The van der Waals surface area contributed by atoms with Crippen molar-refractivity contribution in [1.82, 2.24) is 10.6 Å². The van der Waals surface area contributed by atoms with Crippen LogP contribution in [0.3, 0.4) is 0 Å². The minimum atomic E-state index is 0. The van der Waals surface area contributed by atoms with Gasteiger partial charge in [0.2, 0.25) is 0 Å². The summed E-state index contributed by atoms with van der Waals surface area (Å²) in [5.41, 5.74) is 2.46. The van der Waals surface area contributed by atoms with Gasteiger partial charge in [0.15, 0.2) is 5.96 Å². The molecule has 1 heterocycles. The summed E-state index contributed by atoms with van der Waals surface area (Å²) in [4.78, 5) is 6.79. The van der Waals surface area contributed by atoms with Crippen LogP contribution in [0.1, 0.15) is 12.0 Å². The fraction of sp³-hybridized carbons (Fsp3) is 0.381. The van der Waals surface area contributed by atoms with Crippen molar-refractivity contribution in [2.24, 2.45) is 10.9 Å². The molecular weight excluding hydrogens is 531 g/mol. The number of anilines is 1. The first-order valence-electron chi connectivity index (χ1n) is 9.26. The Balaban J connectivity index is 0.00000280. The molecule has 0 spiro atoms. The highest BCUT2D eigenvalue weighted by molar-refractivity contribution is 14.0. The van der Waals surface area contributed by atoms with Crippen molar-refractivity contribution in [3.8, 4) is 5.75 Å². The van der Waals surface area contributed by atoms with Crippen LogP contribution in [-0.4, -0.2) is 39.8 Å². The lowest BCUT2D eigenvalue weighted by atomic mass is 10.1. The lowest BCUT2D eigenvalue weighted by Crippen LogP contribution is -2.39. The number of methoxy groups -OCH3 is 1. The van der Waals surface area contributed by atoms with Gasteiger partial charge in [-0.05, 0) is 54.3 Å². The average molecular weight is 559 g/mol. The molecular formula is C21H28BrIN4O. The van der Waals surface area contributed by atoms with Crippen molar-refractivity contribution in [2.75, 3.05) is 38.7 Å². The second kappa shape index (κ2) is 11.5. The Kier molecular flexibility index (Phi) is 9.37. The van der Waals surface area contributed by atoms with E-state index in [4.69, 9.17) is 4.74 Å². The van der Waals surface area contributed by atoms with E-state index in [9.17, 15) is 0 Å². The van der Waals surface area contributed by atoms with Gasteiger partial charge in [0.25, 0.3) is 0 Å². The molecule has 5 nitrogen and oxygen atoms in total. The Bertz CT molecular complexity index is 769. The van der Waals surface area contributed by atoms with E-state index in [2.05, 4.69) is 66.8 Å². The quantitative estimate of drug-likeness (QED) is 0.316. The molecule has 0 aliphatic carbocycles. The predicted octanol–water partition coefficient (Wildman–Crippen LogP) is 4.27. The summed E-state index contributed by atoms with van der Waals surface area (Å²) in [7, 11) is 3.50. The standard InChI is InChI=1S/C21H27BrN4O.HI/c1-23-21(24-13-16-4-3-5-20(12-16)27-2)25-14-17-10-11-26(15-17)19-8-6-18(22)7-9-19;/h3-9,12,17H,10-11,13-15H2,1-2H3,(H2,23,24,25);1H. The van der Waals surface area contributed by atoms with E-state index in [-0.39, 0.29) is 24.0 Å². The molecule has 1 aliphatic heterocycles. The number of ether oxygens (including phenoxy) is 1. The Morgan fingerprint density at radius 3 is 2.71 bits per heavy atom. The first-order chi connectivity index (χ1) is 13.2. The zero-order valence-electron chi connectivity index (χ0n) is 16.3. The topological polar surface area (TPSA) is 48.9 Å². The number of halogens is 2. The summed E-state index contributed by atoms with van der Waals surface area (Å²) in [6.07, 6.45) is 1.19. The molecule has 152 valence electrons. The van der Waals surface area contributed by atoms with Gasteiger partial charge in [-0.15, -0.1) is 24.0 Å². The SMILES string of the molecule is CN=C(NCc1cccc(OC)c1)NCC1CCN(c2ccc(Br)cc2)C1.I. The third-order valence-electron chi connectivity index (χ3n) is 4.85. The molecule has 0 saturated carbocycles. The van der Waals surface area contributed by atoms with Gasteiger partial charge in [-0.25, -0.2) is 0 Å². The van der Waals surface area contributed by atoms with E-state index in [0.29, 0.717) is 12.5 Å². The summed E-state index contributed by atoms with van der Waals surface area (Å²) in [5.74, 6) is 2.32. The van der Waals surface area contributed by atoms with Gasteiger partial charge < -0.3 is 20.3 Å². The molecule has 0 amide bonds. The highest BCUT2D eigenvalue weighted by atomic mass is 127. The fourth-order valence-corrected chi connectivity index (χ4v) is 3.58. The summed E-state index contributed by atoms with van der Waals surface area (Å²) in [5, 5.41) is 6.84. The normalized spacial score (nSPS) is 16.5. The molecule has 2 N–H and O–H groups in total. The number of guanidine groups is 1. The maximum absolute atomic E-state index is 5.28. The summed E-state index contributed by atoms with van der Waals surface area (Å²) >= 11 is 3.50. The molecule has 1 fully saturated rings. The minimum absolute atomic E-state index is 0. The molecule has 2 aromatic carbocycles. The average Bonchev–Trinajstić information content (AvgIpc) is 3.18. The van der Waals surface area contributed by atoms with E-state index in [1.165, 1.54) is 17.7 Å². The molecule has 0 radical (unpaired) electrons. The molecule has 0 aromatic heterocycles. The van der Waals surface area contributed by atoms with Crippen molar-refractivity contribution in [2.45, 2.75) is 13.0 Å². The number of nitrogens with one attached hydrogen (secondary N) is 2. The second-order valence-corrected chi connectivity index (χ2v) is 7.65. The lowest BCUT2D eigenvalue weighted by Gasteiger charge is -2.19. The van der Waals surface area contributed by atoms with Crippen molar-refractivity contribution in [3.05, 3.63) is 58.6 Å². The predicted molar refractivity (Wildman–Crippen MR) is 131 cm³/mol. The van der Waals surface area contributed by atoms with Gasteiger partial charge in [-0.2, -0.15) is 0 Å². The van der Waals surface area contributed by atoms with Crippen LogP contribution in [0.25, 0.3) is 0 Å². The highest BCUT2D eigenvalue weighted by Gasteiger charge is 2.22. The number of rotatable bonds is 6. The highest BCUT2D eigenvalue weighted by Crippen LogP contribution is 2.25. The zero-order valence-corrected chi connectivity index (χ0v) is 20.2. The summed E-state index contributed by atoms with van der Waals surface area (Å²) in [6, 6.07) is 16.6. The molecule has 0 bridgehead atoms. The number of aliphatic imine (C=N–C) groups is 1. The van der Waals surface area contributed by atoms with Crippen molar-refractivity contribution in [1.29, 1.82) is 0 Å². The molecule has 28 heavy (non-hydrogen) atoms. The number of nitrogens with zero attached hydrogens (tertiary/aromatic N) is 2. The Labute approximate surface area is 193 Å². The molecule has 3 rings (SSSR count). The maximum Gasteiger partial charge on any atom is 0.191 e. The minimum Gasteiger partial charge on any atom is -0.497 e. The van der Waals surface area contributed by atoms with Gasteiger partial charge >= 0.3 is 0 Å². The first kappa shape index (κ1) is 22.8. The lowest BCUT2D eigenvalue weighted by molar-refractivity contribution is 0.414. The van der Waals surface area contributed by atoms with Crippen LogP contribution in [-0.2, 0) is 6.54 Å². The first-order valence-corrected chi connectivity index (χ1v) is 10.0. The second-order valence-electron chi connectivity index (χ2n) is 6.74. The van der Waals surface area contributed by atoms with Crippen LogP contribution in [0.5, 0.6) is 5.75 Å². The van der Waals surface area contributed by atoms with Crippen LogP contribution in [0, 0.1) is 5.92 Å². The van der Waals surface area contributed by atoms with Gasteiger partial charge in [0, 0.05) is 43.4 Å². The molecule has 7 heteroatoms. The molecule has 1 aliphatic rings. The summed E-state index contributed by atoms with van der Waals surface area (Å²) < 4.78 is 6.40. The monoisotopic (exact) mass is 558 g/mol. The van der Waals surface area contributed by atoms with Gasteiger partial charge in [-0.1, -0.05) is 28.1 Å². The molecule has 2 aromatic rings. The zero-order chi connectivity index (χ0) is 19.1. The largest absolute Gasteiger partial charge is 0.497 e. The van der Waals surface area contributed by atoms with E-state index in [0.717, 1.165) is 35.8 Å². The Morgan fingerprint density at radius 1 is 1.21 bits per heavy atom. The smallest absolute Gasteiger partial charge is 0.191 e. The molecule has 1 unspecified atom stereocenters. The van der Waals surface area contributed by atoms with E-state index < -0.39 is 0 Å². The van der Waals surface area contributed by atoms with E-state index in [1.54, 1.807) is 7.11 Å². The van der Waals surface area contributed by atoms with Crippen LogP contribution in [0.2, 0.25) is 0 Å². The number of hydrogen-bond donors (Lipinski definition) is 2.